The maximum Gasteiger partial charge on any atom is 0.292 e. The fraction of sp³-hybridized carbons (Fsp3) is 0.0800. The normalized spacial score (nSPS) is 11.4. The predicted octanol–water partition coefficient (Wildman–Crippen LogP) is 6.86. The number of carbonyl (C=O) groups excluding carboxylic acids is 1. The van der Waals surface area contributed by atoms with Crippen molar-refractivity contribution < 1.29 is 14.3 Å². The van der Waals surface area contributed by atoms with Gasteiger partial charge < -0.3 is 9.47 Å². The minimum atomic E-state index is -0.345. The number of fused-ring (bicyclic) bond motifs is 2. The predicted molar refractivity (Wildman–Crippen MR) is 140 cm³/mol. The lowest BCUT2D eigenvalue weighted by Gasteiger charge is -2.13. The molecule has 0 fully saturated rings. The third kappa shape index (κ3) is 4.23. The second-order valence-electron chi connectivity index (χ2n) is 7.21. The van der Waals surface area contributed by atoms with Crippen LogP contribution in [0.5, 0.6) is 11.5 Å². The van der Waals surface area contributed by atoms with Gasteiger partial charge in [0.1, 0.15) is 16.4 Å². The molecule has 3 aromatic carbocycles. The van der Waals surface area contributed by atoms with Crippen LogP contribution in [-0.2, 0) is 0 Å². The number of carbonyl (C=O) groups is 1. The zero-order valence-electron chi connectivity index (χ0n) is 18.2. The third-order valence-corrected chi connectivity index (χ3v) is 7.78. The summed E-state index contributed by atoms with van der Waals surface area (Å²) in [5, 5.41) is 7.52. The van der Waals surface area contributed by atoms with Gasteiger partial charge in [0.25, 0.3) is 5.91 Å². The lowest BCUT2D eigenvalue weighted by molar-refractivity contribution is 0.0992. The summed E-state index contributed by atoms with van der Waals surface area (Å²) >= 11 is 9.31. The topological polar surface area (TPSA) is 64.0 Å². The lowest BCUT2D eigenvalue weighted by Crippen LogP contribution is -2.25. The number of amides is 1. The van der Waals surface area contributed by atoms with Gasteiger partial charge in [-0.25, -0.2) is 4.98 Å². The largest absolute Gasteiger partial charge is 0.497 e. The Morgan fingerprint density at radius 3 is 2.44 bits per heavy atom. The lowest BCUT2D eigenvalue weighted by atomic mass is 10.2. The number of thiophene rings is 1. The summed E-state index contributed by atoms with van der Waals surface area (Å²) in [6, 6.07) is 20.6. The highest BCUT2D eigenvalue weighted by Gasteiger charge is 2.26. The fourth-order valence-corrected chi connectivity index (χ4v) is 5.75. The molecule has 34 heavy (non-hydrogen) atoms. The van der Waals surface area contributed by atoms with Crippen molar-refractivity contribution in [2.45, 2.75) is 0 Å². The van der Waals surface area contributed by atoms with E-state index in [0.717, 1.165) is 37.4 Å². The van der Waals surface area contributed by atoms with Gasteiger partial charge in [-0.3, -0.25) is 4.79 Å². The summed E-state index contributed by atoms with van der Waals surface area (Å²) in [4.78, 5) is 18.8. The molecule has 170 valence electrons. The Hall–Kier alpha value is -3.46. The first-order valence-corrected chi connectivity index (χ1v) is 12.2. The van der Waals surface area contributed by atoms with Crippen LogP contribution in [0.4, 0.5) is 5.13 Å². The molecule has 0 aliphatic carbocycles. The van der Waals surface area contributed by atoms with Crippen molar-refractivity contribution in [2.75, 3.05) is 19.2 Å². The summed E-state index contributed by atoms with van der Waals surface area (Å²) < 4.78 is 12.4. The highest BCUT2D eigenvalue weighted by atomic mass is 35.5. The number of aromatic nitrogens is 1. The van der Waals surface area contributed by atoms with Gasteiger partial charge in [-0.2, -0.15) is 10.1 Å². The van der Waals surface area contributed by atoms with Crippen LogP contribution in [0.1, 0.15) is 15.2 Å². The fourth-order valence-electron chi connectivity index (χ4n) is 3.36. The van der Waals surface area contributed by atoms with E-state index in [-0.39, 0.29) is 5.91 Å². The van der Waals surface area contributed by atoms with Crippen molar-refractivity contribution in [3.8, 4) is 11.5 Å². The van der Waals surface area contributed by atoms with E-state index in [1.165, 1.54) is 27.7 Å². The van der Waals surface area contributed by atoms with Crippen LogP contribution in [0.2, 0.25) is 5.02 Å². The zero-order chi connectivity index (χ0) is 23.7. The van der Waals surface area contributed by atoms with Crippen molar-refractivity contribution in [3.05, 3.63) is 82.2 Å². The monoisotopic (exact) mass is 507 g/mol. The van der Waals surface area contributed by atoms with Gasteiger partial charge in [0, 0.05) is 10.1 Å². The number of methoxy groups -OCH3 is 2. The molecule has 0 radical (unpaired) electrons. The number of anilines is 1. The summed E-state index contributed by atoms with van der Waals surface area (Å²) in [5.41, 5.74) is 1.56. The molecule has 5 aromatic rings. The molecule has 6 nitrogen and oxygen atoms in total. The maximum absolute atomic E-state index is 13.7. The van der Waals surface area contributed by atoms with E-state index in [9.17, 15) is 4.79 Å². The molecule has 0 bridgehead atoms. The Morgan fingerprint density at radius 2 is 1.71 bits per heavy atom. The Labute approximate surface area is 208 Å². The molecular formula is C25H18ClN3O3S2. The van der Waals surface area contributed by atoms with Crippen LogP contribution in [0.3, 0.4) is 0 Å². The second-order valence-corrected chi connectivity index (χ2v) is 9.65. The molecule has 2 aromatic heterocycles. The van der Waals surface area contributed by atoms with E-state index >= 15 is 0 Å². The molecule has 0 saturated carbocycles. The average Bonchev–Trinajstić information content (AvgIpc) is 3.45. The molecular weight excluding hydrogens is 490 g/mol. The smallest absolute Gasteiger partial charge is 0.292 e. The zero-order valence-corrected chi connectivity index (χ0v) is 20.6. The van der Waals surface area contributed by atoms with Crippen molar-refractivity contribution in [1.82, 2.24) is 4.98 Å². The Balaban J connectivity index is 1.59. The minimum absolute atomic E-state index is 0.345. The average molecular weight is 508 g/mol. The molecule has 0 aliphatic heterocycles. The van der Waals surface area contributed by atoms with Crippen molar-refractivity contribution in [2.24, 2.45) is 5.10 Å². The van der Waals surface area contributed by atoms with Gasteiger partial charge in [-0.05, 0) is 54.1 Å². The van der Waals surface area contributed by atoms with E-state index in [0.29, 0.717) is 15.0 Å². The van der Waals surface area contributed by atoms with Crippen LogP contribution >= 0.6 is 34.3 Å². The molecule has 0 N–H and O–H groups in total. The van der Waals surface area contributed by atoms with Gasteiger partial charge >= 0.3 is 0 Å². The highest BCUT2D eigenvalue weighted by molar-refractivity contribution is 7.23. The third-order valence-electron chi connectivity index (χ3n) is 5.13. The number of thiazole rings is 1. The highest BCUT2D eigenvalue weighted by Crippen LogP contribution is 2.38. The van der Waals surface area contributed by atoms with Crippen LogP contribution < -0.4 is 14.5 Å². The van der Waals surface area contributed by atoms with Crippen molar-refractivity contribution in [1.29, 1.82) is 0 Å². The van der Waals surface area contributed by atoms with Gasteiger partial charge in [0.05, 0.1) is 35.7 Å². The maximum atomic E-state index is 13.7. The van der Waals surface area contributed by atoms with Crippen LogP contribution in [0, 0.1) is 0 Å². The van der Waals surface area contributed by atoms with Crippen LogP contribution in [0.25, 0.3) is 20.3 Å². The Morgan fingerprint density at radius 1 is 0.971 bits per heavy atom. The van der Waals surface area contributed by atoms with E-state index < -0.39 is 0 Å². The molecule has 0 unspecified atom stereocenters. The van der Waals surface area contributed by atoms with Gasteiger partial charge in [0.15, 0.2) is 0 Å². The van der Waals surface area contributed by atoms with Gasteiger partial charge in [-0.1, -0.05) is 41.1 Å². The first-order chi connectivity index (χ1) is 16.6. The van der Waals surface area contributed by atoms with E-state index in [1.807, 2.05) is 66.7 Å². The van der Waals surface area contributed by atoms with E-state index in [4.69, 9.17) is 21.1 Å². The molecule has 9 heteroatoms. The van der Waals surface area contributed by atoms with E-state index in [1.54, 1.807) is 20.4 Å². The first-order valence-electron chi connectivity index (χ1n) is 10.2. The number of nitrogens with zero attached hydrogens (tertiary/aromatic N) is 3. The summed E-state index contributed by atoms with van der Waals surface area (Å²) in [5.74, 6) is 1.11. The molecule has 0 atom stereocenters. The number of hydrogen-bond donors (Lipinski definition) is 0. The van der Waals surface area contributed by atoms with Crippen LogP contribution in [0.15, 0.2) is 71.8 Å². The minimum Gasteiger partial charge on any atom is -0.497 e. The SMILES string of the molecule is COc1ccc(/C=N/N(C(=O)c2sc3ccccc3c2Cl)c2nc3ccc(OC)cc3s2)cc1. The molecule has 1 amide bonds. The molecule has 5 rings (SSSR count). The number of hydrogen-bond acceptors (Lipinski definition) is 7. The van der Waals surface area contributed by atoms with Gasteiger partial charge in [0.2, 0.25) is 5.13 Å². The number of halogens is 1. The van der Waals surface area contributed by atoms with Crippen molar-refractivity contribution in [3.63, 3.8) is 0 Å². The molecule has 0 spiro atoms. The first kappa shape index (κ1) is 22.3. The Kier molecular flexibility index (Phi) is 6.19. The van der Waals surface area contributed by atoms with Crippen LogP contribution in [-0.4, -0.2) is 31.3 Å². The number of ether oxygens (including phenoxy) is 2. The summed E-state index contributed by atoms with van der Waals surface area (Å²) in [6.07, 6.45) is 1.62. The quantitative estimate of drug-likeness (QED) is 0.186. The standard InChI is InChI=1S/C25H18ClN3O3S2/c1-31-16-9-7-15(8-10-16)14-27-29(25-28-19-12-11-17(32-2)13-21(19)34-25)24(30)23-22(26)18-5-3-4-6-20(18)33-23/h3-14H,1-2H3/b27-14+. The number of benzene rings is 3. The molecule has 2 heterocycles. The number of hydrazone groups is 1. The molecule has 0 aliphatic rings. The van der Waals surface area contributed by atoms with Crippen molar-refractivity contribution >= 4 is 71.8 Å². The van der Waals surface area contributed by atoms with Gasteiger partial charge in [-0.15, -0.1) is 11.3 Å². The number of rotatable bonds is 6. The second kappa shape index (κ2) is 9.42. The molecule has 0 saturated heterocycles. The Bertz CT molecular complexity index is 1530. The summed E-state index contributed by atoms with van der Waals surface area (Å²) in [7, 11) is 3.22. The summed E-state index contributed by atoms with van der Waals surface area (Å²) in [6.45, 7) is 0. The van der Waals surface area contributed by atoms with E-state index in [2.05, 4.69) is 10.1 Å².